The van der Waals surface area contributed by atoms with Gasteiger partial charge < -0.3 is 80.2 Å². The van der Waals surface area contributed by atoms with E-state index in [0.717, 1.165) is 24.8 Å². The lowest BCUT2D eigenvalue weighted by atomic mass is 9.83. The number of cyclic esters (lactones) is 1. The fourth-order valence-corrected chi connectivity index (χ4v) is 10.9. The van der Waals surface area contributed by atoms with Gasteiger partial charge in [0.05, 0.1) is 6.61 Å². The van der Waals surface area contributed by atoms with Crippen LogP contribution in [0.4, 0.5) is 0 Å². The summed E-state index contributed by atoms with van der Waals surface area (Å²) in [5.74, 6) is -13.0. The molecule has 1 aromatic carbocycles. The second-order valence-corrected chi connectivity index (χ2v) is 24.8. The van der Waals surface area contributed by atoms with Crippen molar-refractivity contribution in [2.45, 2.75) is 239 Å². The predicted octanol–water partition coefficient (Wildman–Crippen LogP) is 0.145. The smallest absolute Gasteiger partial charge is 0.329 e. The van der Waals surface area contributed by atoms with Gasteiger partial charge in [-0.3, -0.25) is 57.7 Å². The van der Waals surface area contributed by atoms with Crippen LogP contribution < -0.4 is 70.4 Å². The summed E-state index contributed by atoms with van der Waals surface area (Å²) in [5, 5.41) is 37.3. The first-order chi connectivity index (χ1) is 43.5. The van der Waals surface area contributed by atoms with Crippen LogP contribution >= 0.6 is 0 Å². The molecule has 17 N–H and O–H groups in total. The van der Waals surface area contributed by atoms with Crippen LogP contribution in [0.3, 0.4) is 0 Å². The number of nitrogens with one attached hydrogen (secondary N) is 10. The molecular weight excluding hydrogens is 1190 g/mol. The number of aliphatic hydroxyl groups is 1. The van der Waals surface area contributed by atoms with Crippen molar-refractivity contribution in [1.82, 2.24) is 53.2 Å². The van der Waals surface area contributed by atoms with Gasteiger partial charge in [0, 0.05) is 18.9 Å². The minimum Gasteiger partial charge on any atom is -0.458 e. The molecule has 1 saturated heterocycles. The first-order valence-electron chi connectivity index (χ1n) is 32.8. The molecule has 0 radical (unpaired) electrons. The van der Waals surface area contributed by atoms with Gasteiger partial charge in [-0.05, 0) is 93.9 Å². The van der Waals surface area contributed by atoms with Crippen molar-refractivity contribution in [1.29, 1.82) is 0 Å². The SMILES string of the molecule is CC[C@H](Cc1ccccc1)C(=O)N[C@H](C(=O)N[C@@H](CCCN=C(N)N)C(=O)N[C@H](CCC(N)=O)C(=O)N[C@@H](C(=O)N[C@H](C(=O)N[C@@H](CO)C(=O)N[C@H]1C(=O)N[C@@H](C)C(=O)N[C@@H](C2CCCCC2)C(=O)N[C@@H]([C@@H](C)CC)C(=O)O[C@H]1C)[C@@H](C)CC)[C@H](C)CC)[C@@H](C)CC. The van der Waals surface area contributed by atoms with Crippen LogP contribution in [0.5, 0.6) is 0 Å². The minimum absolute atomic E-state index is 0.0497. The number of carbonyl (C=O) groups excluding carboxylic acids is 12. The highest BCUT2D eigenvalue weighted by molar-refractivity contribution is 5.99. The summed E-state index contributed by atoms with van der Waals surface area (Å²) in [6.07, 6.45) is 4.13. The largest absolute Gasteiger partial charge is 0.458 e. The van der Waals surface area contributed by atoms with Crippen LogP contribution in [-0.2, 0) is 68.7 Å². The highest BCUT2D eigenvalue weighted by Gasteiger charge is 2.42. The van der Waals surface area contributed by atoms with Gasteiger partial charge in [0.25, 0.3) is 0 Å². The lowest BCUT2D eigenvalue weighted by molar-refractivity contribution is -0.157. The van der Waals surface area contributed by atoms with Crippen LogP contribution in [0.1, 0.15) is 172 Å². The van der Waals surface area contributed by atoms with Crippen LogP contribution in [0, 0.1) is 35.5 Å². The van der Waals surface area contributed by atoms with E-state index in [2.05, 4.69) is 58.2 Å². The Kier molecular flexibility index (Phi) is 33.6. The maximum absolute atomic E-state index is 14.6. The van der Waals surface area contributed by atoms with Crippen molar-refractivity contribution in [2.24, 2.45) is 57.7 Å². The lowest BCUT2D eigenvalue weighted by Crippen LogP contribution is -2.63. The molecule has 3 rings (SSSR count). The standard InChI is InChI=1S/C64H106N14O14/c1-12-34(6)47(73-54(82)41(16-5)32-40-24-19-17-20-25-40)58(86)71-43(28-23-31-68-64(66)67)55(83)70-44(29-30-46(65)80)56(84)74-49(36(8)14-3)60(88)75-48(35(7)13-2)59(87)72-45(33-79)57(85)77-51-39(11)92-63(91)50(37(9)15-4)76-62(90)52(42-26-21-18-22-27-42)78-53(81)38(10)69-61(51)89/h17,19-20,24-25,34-39,41-45,47-52,79H,12-16,18,21-23,26-33H2,1-11H3,(H2,65,80)(H,69,89)(H,70,83)(H,71,86)(H,72,87)(H,73,82)(H,74,84)(H,75,88)(H,76,90)(H,77,85)(H,78,81)(H4,66,67,68)/t34-,35-,36+,37-,38-,39-,41+,43-,44+,45-,47-,48-,49+,50-,51+,52-/m0/s1. The molecule has 2 fully saturated rings. The molecule has 2 aliphatic rings. The van der Waals surface area contributed by atoms with Gasteiger partial charge in [-0.15, -0.1) is 0 Å². The van der Waals surface area contributed by atoms with E-state index in [-0.39, 0.29) is 56.4 Å². The average molecular weight is 1300 g/mol. The normalized spacial score (nSPS) is 21.8. The summed E-state index contributed by atoms with van der Waals surface area (Å²) in [4.78, 5) is 172. The van der Waals surface area contributed by atoms with Crippen LogP contribution in [0.2, 0.25) is 0 Å². The average Bonchev–Trinajstić information content (AvgIpc) is 1.49. The van der Waals surface area contributed by atoms with Crippen molar-refractivity contribution in [3.05, 3.63) is 35.9 Å². The van der Waals surface area contributed by atoms with Gasteiger partial charge in [0.2, 0.25) is 65.0 Å². The zero-order valence-corrected chi connectivity index (χ0v) is 55.7. The molecule has 1 aliphatic heterocycles. The van der Waals surface area contributed by atoms with E-state index in [1.807, 2.05) is 44.2 Å². The van der Waals surface area contributed by atoms with Crippen LogP contribution in [-0.4, -0.2) is 162 Å². The van der Waals surface area contributed by atoms with Gasteiger partial charge >= 0.3 is 5.97 Å². The van der Waals surface area contributed by atoms with Gasteiger partial charge in [0.1, 0.15) is 66.5 Å². The Hall–Kier alpha value is -7.91. The van der Waals surface area contributed by atoms with Crippen molar-refractivity contribution in [3.8, 4) is 0 Å². The zero-order chi connectivity index (χ0) is 68.9. The molecule has 11 amide bonds. The zero-order valence-electron chi connectivity index (χ0n) is 55.7. The number of amides is 11. The number of esters is 1. The summed E-state index contributed by atoms with van der Waals surface area (Å²) in [6, 6.07) is -4.46. The Morgan fingerprint density at radius 1 is 0.598 bits per heavy atom. The van der Waals surface area contributed by atoms with Crippen molar-refractivity contribution < 1.29 is 67.4 Å². The molecule has 92 heavy (non-hydrogen) atoms. The Morgan fingerprint density at radius 2 is 1.11 bits per heavy atom. The second kappa shape index (κ2) is 39.5. The lowest BCUT2D eigenvalue weighted by Gasteiger charge is -2.32. The van der Waals surface area contributed by atoms with Gasteiger partial charge in [-0.25, -0.2) is 4.79 Å². The third kappa shape index (κ3) is 24.6. The molecule has 1 saturated carbocycles. The number of hydrogen-bond donors (Lipinski definition) is 14. The van der Waals surface area contributed by atoms with E-state index in [0.29, 0.717) is 38.5 Å². The molecule has 0 bridgehead atoms. The molecule has 16 atom stereocenters. The molecule has 28 heteroatoms. The molecule has 1 heterocycles. The topological polar surface area (TPSA) is 445 Å². The van der Waals surface area contributed by atoms with E-state index < -0.39 is 174 Å². The number of primary amides is 1. The quantitative estimate of drug-likeness (QED) is 0.0189. The molecule has 0 spiro atoms. The summed E-state index contributed by atoms with van der Waals surface area (Å²) in [7, 11) is 0. The number of carbonyl (C=O) groups is 12. The third-order valence-corrected chi connectivity index (χ3v) is 17.8. The number of rotatable bonds is 34. The summed E-state index contributed by atoms with van der Waals surface area (Å²) in [5.41, 5.74) is 17.6. The number of ether oxygens (including phenoxy) is 1. The Morgan fingerprint density at radius 3 is 1.63 bits per heavy atom. The number of guanidine groups is 1. The fourth-order valence-electron chi connectivity index (χ4n) is 10.9. The van der Waals surface area contributed by atoms with E-state index in [9.17, 15) is 62.6 Å². The van der Waals surface area contributed by atoms with E-state index in [1.165, 1.54) is 13.8 Å². The summed E-state index contributed by atoms with van der Waals surface area (Å²) < 4.78 is 5.79. The Balaban J connectivity index is 1.91. The number of benzene rings is 1. The molecule has 0 aromatic heterocycles. The fraction of sp³-hybridized carbons (Fsp3) is 0.703. The van der Waals surface area contributed by atoms with Gasteiger partial charge in [0.15, 0.2) is 5.96 Å². The van der Waals surface area contributed by atoms with Gasteiger partial charge in [-0.2, -0.15) is 0 Å². The molecule has 28 nitrogen and oxygen atoms in total. The molecule has 516 valence electrons. The monoisotopic (exact) mass is 1290 g/mol. The first-order valence-corrected chi connectivity index (χ1v) is 32.8. The number of aliphatic imine (C=N–C) groups is 1. The molecule has 0 unspecified atom stereocenters. The van der Waals surface area contributed by atoms with Crippen LogP contribution in [0.15, 0.2) is 35.3 Å². The van der Waals surface area contributed by atoms with E-state index in [4.69, 9.17) is 21.9 Å². The molecule has 1 aliphatic carbocycles. The number of aliphatic hydroxyl groups excluding tert-OH is 1. The van der Waals surface area contributed by atoms with E-state index >= 15 is 0 Å². The maximum atomic E-state index is 14.6. The number of nitrogens with zero attached hydrogens (tertiary/aromatic N) is 1. The Bertz CT molecular complexity index is 2670. The minimum atomic E-state index is -1.80. The number of nitrogens with two attached hydrogens (primary N) is 3. The molecular formula is C64H106N14O14. The highest BCUT2D eigenvalue weighted by Crippen LogP contribution is 2.28. The molecule has 1 aromatic rings. The maximum Gasteiger partial charge on any atom is 0.329 e. The Labute approximate surface area is 541 Å². The van der Waals surface area contributed by atoms with Crippen molar-refractivity contribution in [3.63, 3.8) is 0 Å². The predicted molar refractivity (Wildman–Crippen MR) is 344 cm³/mol. The highest BCUT2D eigenvalue weighted by atomic mass is 16.5. The van der Waals surface area contributed by atoms with Crippen molar-refractivity contribution >= 4 is 76.9 Å². The third-order valence-electron chi connectivity index (χ3n) is 17.8. The van der Waals surface area contributed by atoms with E-state index in [1.54, 1.807) is 48.5 Å². The van der Waals surface area contributed by atoms with Crippen LogP contribution in [0.25, 0.3) is 0 Å². The van der Waals surface area contributed by atoms with Crippen molar-refractivity contribution in [2.75, 3.05) is 13.2 Å². The summed E-state index contributed by atoms with van der Waals surface area (Å²) >= 11 is 0. The second-order valence-electron chi connectivity index (χ2n) is 24.8. The van der Waals surface area contributed by atoms with Gasteiger partial charge in [-0.1, -0.05) is 138 Å². The number of hydrogen-bond acceptors (Lipinski definition) is 15. The summed E-state index contributed by atoms with van der Waals surface area (Å²) in [6.45, 7) is 17.5. The first kappa shape index (κ1) is 78.3.